The number of nitrogens with two attached hydrogens (primary N) is 2. The first-order valence-electron chi connectivity index (χ1n) is 13.7. The van der Waals surface area contributed by atoms with Crippen molar-refractivity contribution in [3.63, 3.8) is 0 Å². The van der Waals surface area contributed by atoms with Gasteiger partial charge in [-0.25, -0.2) is 9.37 Å². The highest BCUT2D eigenvalue weighted by Crippen LogP contribution is 2.54. The number of hydrogen-bond acceptors (Lipinski definition) is 7. The van der Waals surface area contributed by atoms with Gasteiger partial charge in [0.1, 0.15) is 23.7 Å². The summed E-state index contributed by atoms with van der Waals surface area (Å²) in [7, 11) is 1.38. The summed E-state index contributed by atoms with van der Waals surface area (Å²) in [6.45, 7) is -0.930. The number of benzene rings is 2. The van der Waals surface area contributed by atoms with Gasteiger partial charge in [-0.05, 0) is 68.0 Å². The summed E-state index contributed by atoms with van der Waals surface area (Å²) < 4.78 is 74.2. The Morgan fingerprint density at radius 2 is 1.91 bits per heavy atom. The minimum absolute atomic E-state index is 0.0213. The molecule has 2 aromatic carbocycles. The van der Waals surface area contributed by atoms with E-state index >= 15 is 0 Å². The third-order valence-electron chi connectivity index (χ3n) is 8.25. The lowest BCUT2D eigenvalue weighted by Crippen LogP contribution is -2.52. The van der Waals surface area contributed by atoms with Gasteiger partial charge in [0.15, 0.2) is 22.8 Å². The standard InChI is InChI=1S/C30H28ClF4N3O5/c1-41-25-18(17(27(36)39)7-9-22(25)43-16-5-6-16)12-28(40,15-3-4-15)23-11-19-26(42-13-29(19,37)30(33,34)35)24(38-23)14-2-8-21(32)20(31)10-14/h2,7-11,15-16,40H,3-6,12-13,37H2,1H3,(H2,36,39)/t28-,29-/m0/s1. The molecule has 228 valence electrons. The number of halogens is 5. The molecule has 1 aromatic heterocycles. The van der Waals surface area contributed by atoms with E-state index in [9.17, 15) is 27.5 Å². The second-order valence-corrected chi connectivity index (χ2v) is 11.7. The SMILES string of the molecule is COc1c(OC2CC2)ccc(C(N)=O)c1C[C@@](O)(c1cc2c(c(-c3ccc(F)c(Cl)c3)n1)OC[C@@]2(N)C(F)(F)F)C1CC1. The number of primary amides is 1. The quantitative estimate of drug-likeness (QED) is 0.282. The predicted molar refractivity (Wildman–Crippen MR) is 148 cm³/mol. The second kappa shape index (κ2) is 10.2. The molecule has 2 atom stereocenters. The topological polar surface area (TPSA) is 130 Å². The minimum atomic E-state index is -4.93. The Morgan fingerprint density at radius 1 is 1.19 bits per heavy atom. The Hall–Kier alpha value is -3.61. The minimum Gasteiger partial charge on any atom is -0.493 e. The highest BCUT2D eigenvalue weighted by Gasteiger charge is 2.60. The highest BCUT2D eigenvalue weighted by atomic mass is 35.5. The van der Waals surface area contributed by atoms with Crippen LogP contribution in [0.15, 0.2) is 36.4 Å². The van der Waals surface area contributed by atoms with Crippen LogP contribution in [0, 0.1) is 11.7 Å². The van der Waals surface area contributed by atoms with Crippen molar-refractivity contribution in [2.24, 2.45) is 17.4 Å². The van der Waals surface area contributed by atoms with E-state index in [1.165, 1.54) is 25.3 Å². The predicted octanol–water partition coefficient (Wildman–Crippen LogP) is 5.14. The lowest BCUT2D eigenvalue weighted by Gasteiger charge is -2.32. The molecule has 1 amide bonds. The third-order valence-corrected chi connectivity index (χ3v) is 8.54. The third kappa shape index (κ3) is 5.04. The summed E-state index contributed by atoms with van der Waals surface area (Å²) in [4.78, 5) is 17.1. The number of rotatable bonds is 9. The number of fused-ring (bicyclic) bond motifs is 1. The molecular formula is C30H28ClF4N3O5. The molecule has 0 unspecified atom stereocenters. The lowest BCUT2D eigenvalue weighted by molar-refractivity contribution is -0.191. The van der Waals surface area contributed by atoms with Crippen molar-refractivity contribution in [2.45, 2.75) is 55.5 Å². The molecule has 1 aliphatic heterocycles. The Labute approximate surface area is 248 Å². The smallest absolute Gasteiger partial charge is 0.414 e. The van der Waals surface area contributed by atoms with Crippen LogP contribution in [0.3, 0.4) is 0 Å². The number of amides is 1. The van der Waals surface area contributed by atoms with E-state index in [2.05, 4.69) is 4.98 Å². The fourth-order valence-electron chi connectivity index (χ4n) is 5.54. The van der Waals surface area contributed by atoms with Crippen molar-refractivity contribution >= 4 is 17.5 Å². The average Bonchev–Trinajstić information content (AvgIpc) is 3.88. The molecule has 3 aliphatic rings. The van der Waals surface area contributed by atoms with Crippen LogP contribution in [-0.2, 0) is 17.6 Å². The summed E-state index contributed by atoms with van der Waals surface area (Å²) in [6.07, 6.45) is -2.48. The number of aromatic nitrogens is 1. The van der Waals surface area contributed by atoms with Crippen LogP contribution in [0.4, 0.5) is 17.6 Å². The van der Waals surface area contributed by atoms with Gasteiger partial charge in [-0.2, -0.15) is 13.2 Å². The van der Waals surface area contributed by atoms with Crippen molar-refractivity contribution in [2.75, 3.05) is 13.7 Å². The molecule has 0 spiro atoms. The molecule has 0 bridgehead atoms. The molecule has 3 aromatic rings. The van der Waals surface area contributed by atoms with Crippen molar-refractivity contribution < 1.29 is 41.7 Å². The van der Waals surface area contributed by atoms with Gasteiger partial charge in [0.25, 0.3) is 0 Å². The molecule has 0 radical (unpaired) electrons. The van der Waals surface area contributed by atoms with Crippen molar-refractivity contribution in [3.05, 3.63) is 69.6 Å². The van der Waals surface area contributed by atoms with E-state index < -0.39 is 47.1 Å². The maximum atomic E-state index is 14.4. The van der Waals surface area contributed by atoms with Crippen LogP contribution in [-0.4, -0.2) is 42.0 Å². The number of methoxy groups -OCH3 is 1. The molecule has 2 saturated carbocycles. The van der Waals surface area contributed by atoms with Gasteiger partial charge in [-0.15, -0.1) is 0 Å². The average molecular weight is 622 g/mol. The van der Waals surface area contributed by atoms with Gasteiger partial charge in [-0.3, -0.25) is 4.79 Å². The largest absolute Gasteiger partial charge is 0.493 e. The molecule has 13 heteroatoms. The fraction of sp³-hybridized carbons (Fsp3) is 0.400. The molecular weight excluding hydrogens is 594 g/mol. The number of carbonyl (C=O) groups is 1. The maximum Gasteiger partial charge on any atom is 0.414 e. The summed E-state index contributed by atoms with van der Waals surface area (Å²) in [6, 6.07) is 7.68. The first-order chi connectivity index (χ1) is 20.3. The number of nitrogens with zero attached hydrogens (tertiary/aromatic N) is 1. The number of ether oxygens (including phenoxy) is 3. The Balaban J connectivity index is 1.56. The van der Waals surface area contributed by atoms with Crippen LogP contribution >= 0.6 is 11.6 Å². The summed E-state index contributed by atoms with van der Waals surface area (Å²) in [5.41, 5.74) is 6.58. The van der Waals surface area contributed by atoms with Crippen LogP contribution in [0.5, 0.6) is 17.2 Å². The number of hydrogen-bond donors (Lipinski definition) is 3. The molecule has 43 heavy (non-hydrogen) atoms. The summed E-state index contributed by atoms with van der Waals surface area (Å²) >= 11 is 6.01. The molecule has 5 N–H and O–H groups in total. The molecule has 8 nitrogen and oxygen atoms in total. The van der Waals surface area contributed by atoms with Crippen LogP contribution in [0.2, 0.25) is 5.02 Å². The van der Waals surface area contributed by atoms with Crippen molar-refractivity contribution in [1.82, 2.24) is 4.98 Å². The lowest BCUT2D eigenvalue weighted by atomic mass is 9.81. The van der Waals surface area contributed by atoms with E-state index in [0.717, 1.165) is 25.0 Å². The zero-order valence-electron chi connectivity index (χ0n) is 22.9. The Kier molecular flexibility index (Phi) is 7.02. The van der Waals surface area contributed by atoms with Crippen molar-refractivity contribution in [3.8, 4) is 28.5 Å². The van der Waals surface area contributed by atoms with E-state index in [0.29, 0.717) is 18.6 Å². The van der Waals surface area contributed by atoms with Crippen LogP contribution in [0.25, 0.3) is 11.3 Å². The highest BCUT2D eigenvalue weighted by molar-refractivity contribution is 6.31. The summed E-state index contributed by atoms with van der Waals surface area (Å²) in [5, 5.41) is 12.1. The normalized spacial score (nSPS) is 21.1. The van der Waals surface area contributed by atoms with E-state index in [1.807, 2.05) is 0 Å². The van der Waals surface area contributed by atoms with E-state index in [4.69, 9.17) is 37.3 Å². The van der Waals surface area contributed by atoms with Crippen molar-refractivity contribution in [1.29, 1.82) is 0 Å². The fourth-order valence-corrected chi connectivity index (χ4v) is 5.72. The molecule has 0 saturated heterocycles. The van der Waals surface area contributed by atoms with Gasteiger partial charge < -0.3 is 30.8 Å². The monoisotopic (exact) mass is 621 g/mol. The zero-order chi connectivity index (χ0) is 30.9. The number of carbonyl (C=O) groups excluding carboxylic acids is 1. The Morgan fingerprint density at radius 3 is 2.49 bits per heavy atom. The number of pyridine rings is 1. The number of aliphatic hydroxyl groups is 1. The van der Waals surface area contributed by atoms with Gasteiger partial charge >= 0.3 is 6.18 Å². The second-order valence-electron chi connectivity index (χ2n) is 11.3. The molecule has 6 rings (SSSR count). The Bertz CT molecular complexity index is 1630. The molecule has 2 heterocycles. The van der Waals surface area contributed by atoms with Gasteiger partial charge in [0, 0.05) is 28.7 Å². The molecule has 2 fully saturated rings. The van der Waals surface area contributed by atoms with Crippen LogP contribution in [0.1, 0.15) is 52.9 Å². The summed E-state index contributed by atoms with van der Waals surface area (Å²) in [5.74, 6) is -1.70. The first-order valence-corrected chi connectivity index (χ1v) is 14.0. The van der Waals surface area contributed by atoms with Gasteiger partial charge in [-0.1, -0.05) is 11.6 Å². The maximum absolute atomic E-state index is 14.4. The van der Waals surface area contributed by atoms with Gasteiger partial charge in [0.2, 0.25) is 5.91 Å². The van der Waals surface area contributed by atoms with E-state index in [-0.39, 0.29) is 57.1 Å². The first kappa shape index (κ1) is 29.5. The zero-order valence-corrected chi connectivity index (χ0v) is 23.7. The van der Waals surface area contributed by atoms with Gasteiger partial charge in [0.05, 0.1) is 23.9 Å². The van der Waals surface area contributed by atoms with Crippen LogP contribution < -0.4 is 25.7 Å². The van der Waals surface area contributed by atoms with E-state index in [1.54, 1.807) is 6.07 Å². The number of alkyl halides is 3. The molecule has 2 aliphatic carbocycles.